The van der Waals surface area contributed by atoms with Crippen molar-refractivity contribution in [2.24, 2.45) is 5.41 Å². The number of hydrogen-bond donors (Lipinski definition) is 0. The summed E-state index contributed by atoms with van der Waals surface area (Å²) < 4.78 is 16.0. The Balaban J connectivity index is 2.56. The summed E-state index contributed by atoms with van der Waals surface area (Å²) in [5, 5.41) is 0. The van der Waals surface area contributed by atoms with Gasteiger partial charge in [0.05, 0.1) is 13.2 Å². The largest absolute Gasteiger partial charge is 0.459 e. The van der Waals surface area contributed by atoms with Crippen LogP contribution in [0.15, 0.2) is 0 Å². The molecule has 0 aromatic heterocycles. The lowest BCUT2D eigenvalue weighted by Gasteiger charge is -2.43. The molecule has 0 amide bonds. The van der Waals surface area contributed by atoms with Gasteiger partial charge < -0.3 is 14.2 Å². The molecule has 4 heteroatoms. The Labute approximate surface area is 84.5 Å². The molecule has 1 heterocycles. The minimum Gasteiger partial charge on any atom is -0.459 e. The molecule has 0 aromatic carbocycles. The van der Waals surface area contributed by atoms with E-state index in [-0.39, 0.29) is 5.41 Å². The number of carbonyl (C=O) groups excluding carboxylic acids is 1. The maximum Gasteiger partial charge on any atom is 0.293 e. The second kappa shape index (κ2) is 3.87. The van der Waals surface area contributed by atoms with E-state index in [1.165, 1.54) is 0 Å². The first-order valence-corrected chi connectivity index (χ1v) is 4.77. The van der Waals surface area contributed by atoms with Crippen molar-refractivity contribution in [1.82, 2.24) is 0 Å². The van der Waals surface area contributed by atoms with Crippen LogP contribution >= 0.6 is 0 Å². The molecule has 0 N–H and O–H groups in total. The van der Waals surface area contributed by atoms with E-state index in [0.717, 1.165) is 0 Å². The Hall–Kier alpha value is -0.610. The predicted molar refractivity (Wildman–Crippen MR) is 50.7 cm³/mol. The van der Waals surface area contributed by atoms with E-state index in [0.29, 0.717) is 19.7 Å². The summed E-state index contributed by atoms with van der Waals surface area (Å²) in [5.41, 5.74) is 0.0282. The van der Waals surface area contributed by atoms with E-state index >= 15 is 0 Å². The lowest BCUT2D eigenvalue weighted by Crippen LogP contribution is -2.52. The second-order valence-electron chi connectivity index (χ2n) is 4.63. The summed E-state index contributed by atoms with van der Waals surface area (Å²) in [6.07, 6.45) is -0.393. The van der Waals surface area contributed by atoms with Gasteiger partial charge in [-0.1, -0.05) is 13.8 Å². The van der Waals surface area contributed by atoms with Crippen molar-refractivity contribution in [3.63, 3.8) is 0 Å². The van der Waals surface area contributed by atoms with Crippen molar-refractivity contribution >= 4 is 6.47 Å². The van der Waals surface area contributed by atoms with Crippen LogP contribution < -0.4 is 0 Å². The molecule has 1 saturated heterocycles. The SMILES string of the molecule is CC(OC=O)C1(C)OCC(C)(C)CO1. The molecule has 1 aliphatic rings. The van der Waals surface area contributed by atoms with Crippen molar-refractivity contribution in [3.05, 3.63) is 0 Å². The quantitative estimate of drug-likeness (QED) is 0.648. The highest BCUT2D eigenvalue weighted by molar-refractivity contribution is 5.37. The Morgan fingerprint density at radius 3 is 2.21 bits per heavy atom. The van der Waals surface area contributed by atoms with Gasteiger partial charge in [-0.05, 0) is 13.8 Å². The van der Waals surface area contributed by atoms with Crippen LogP contribution in [0.1, 0.15) is 27.7 Å². The fourth-order valence-electron chi connectivity index (χ4n) is 1.20. The molecule has 1 unspecified atom stereocenters. The van der Waals surface area contributed by atoms with Crippen molar-refractivity contribution in [1.29, 1.82) is 0 Å². The van der Waals surface area contributed by atoms with Crippen LogP contribution in [0.25, 0.3) is 0 Å². The van der Waals surface area contributed by atoms with Gasteiger partial charge in [0, 0.05) is 5.41 Å². The molecule has 0 aromatic rings. The maximum atomic E-state index is 10.2. The summed E-state index contributed by atoms with van der Waals surface area (Å²) in [7, 11) is 0. The van der Waals surface area contributed by atoms with Gasteiger partial charge in [-0.3, -0.25) is 4.79 Å². The van der Waals surface area contributed by atoms with Crippen molar-refractivity contribution < 1.29 is 19.0 Å². The minimum absolute atomic E-state index is 0.0282. The fraction of sp³-hybridized carbons (Fsp3) is 0.900. The lowest BCUT2D eigenvalue weighted by atomic mass is 9.94. The van der Waals surface area contributed by atoms with E-state index in [1.54, 1.807) is 13.8 Å². The molecule has 1 rings (SSSR count). The predicted octanol–water partition coefficient (Wildman–Crippen LogP) is 1.34. The fourth-order valence-corrected chi connectivity index (χ4v) is 1.20. The van der Waals surface area contributed by atoms with Crippen LogP contribution in [-0.2, 0) is 19.0 Å². The van der Waals surface area contributed by atoms with Crippen molar-refractivity contribution in [3.8, 4) is 0 Å². The highest BCUT2D eigenvalue weighted by Gasteiger charge is 2.42. The van der Waals surface area contributed by atoms with Crippen molar-refractivity contribution in [2.75, 3.05) is 13.2 Å². The molecule has 0 aliphatic carbocycles. The highest BCUT2D eigenvalue weighted by Crippen LogP contribution is 2.31. The molecule has 1 fully saturated rings. The van der Waals surface area contributed by atoms with Gasteiger partial charge in [-0.15, -0.1) is 0 Å². The third-order valence-corrected chi connectivity index (χ3v) is 2.50. The summed E-state index contributed by atoms with van der Waals surface area (Å²) >= 11 is 0. The Morgan fingerprint density at radius 2 is 1.79 bits per heavy atom. The molecule has 14 heavy (non-hydrogen) atoms. The molecule has 0 radical (unpaired) electrons. The van der Waals surface area contributed by atoms with Gasteiger partial charge in [0.25, 0.3) is 6.47 Å². The van der Waals surface area contributed by atoms with Crippen LogP contribution in [-0.4, -0.2) is 31.6 Å². The van der Waals surface area contributed by atoms with E-state index in [4.69, 9.17) is 14.2 Å². The lowest BCUT2D eigenvalue weighted by molar-refractivity contribution is -0.321. The topological polar surface area (TPSA) is 44.8 Å². The molecule has 0 saturated carbocycles. The van der Waals surface area contributed by atoms with Crippen LogP contribution in [0.5, 0.6) is 0 Å². The first kappa shape index (κ1) is 11.5. The third kappa shape index (κ3) is 2.45. The molecule has 4 nitrogen and oxygen atoms in total. The third-order valence-electron chi connectivity index (χ3n) is 2.50. The van der Waals surface area contributed by atoms with Gasteiger partial charge in [0.1, 0.15) is 0 Å². The molecule has 82 valence electrons. The Bertz CT molecular complexity index is 202. The zero-order valence-corrected chi connectivity index (χ0v) is 9.20. The van der Waals surface area contributed by atoms with Crippen molar-refractivity contribution in [2.45, 2.75) is 39.6 Å². The Morgan fingerprint density at radius 1 is 1.29 bits per heavy atom. The minimum atomic E-state index is -0.809. The maximum absolute atomic E-state index is 10.2. The number of carbonyl (C=O) groups is 1. The first-order valence-electron chi connectivity index (χ1n) is 4.77. The number of rotatable bonds is 3. The van der Waals surface area contributed by atoms with E-state index in [1.807, 2.05) is 0 Å². The zero-order valence-electron chi connectivity index (χ0n) is 9.20. The summed E-state index contributed by atoms with van der Waals surface area (Å²) in [4.78, 5) is 10.2. The molecule has 0 bridgehead atoms. The van der Waals surface area contributed by atoms with Gasteiger partial charge in [-0.25, -0.2) is 0 Å². The highest BCUT2D eigenvalue weighted by atomic mass is 16.7. The van der Waals surface area contributed by atoms with Gasteiger partial charge in [0.15, 0.2) is 6.10 Å². The summed E-state index contributed by atoms with van der Waals surface area (Å²) in [5.74, 6) is -0.809. The molecule has 0 spiro atoms. The standard InChI is InChI=1S/C10H18O4/c1-8(12-7-11)10(4)13-5-9(2,3)6-14-10/h7-8H,5-6H2,1-4H3. The normalized spacial score (nSPS) is 26.6. The average molecular weight is 202 g/mol. The molecular formula is C10H18O4. The number of hydrogen-bond acceptors (Lipinski definition) is 4. The first-order chi connectivity index (χ1) is 6.40. The molecular weight excluding hydrogens is 184 g/mol. The van der Waals surface area contributed by atoms with Crippen LogP contribution in [0.4, 0.5) is 0 Å². The van der Waals surface area contributed by atoms with E-state index < -0.39 is 11.9 Å². The smallest absolute Gasteiger partial charge is 0.293 e. The second-order valence-corrected chi connectivity index (χ2v) is 4.63. The monoisotopic (exact) mass is 202 g/mol. The van der Waals surface area contributed by atoms with E-state index in [2.05, 4.69) is 13.8 Å². The van der Waals surface area contributed by atoms with Crippen LogP contribution in [0.2, 0.25) is 0 Å². The molecule has 1 aliphatic heterocycles. The summed E-state index contributed by atoms with van der Waals surface area (Å²) in [6.45, 7) is 9.31. The van der Waals surface area contributed by atoms with Gasteiger partial charge >= 0.3 is 0 Å². The zero-order chi connectivity index (χ0) is 10.8. The van der Waals surface area contributed by atoms with Crippen LogP contribution in [0.3, 0.4) is 0 Å². The van der Waals surface area contributed by atoms with E-state index in [9.17, 15) is 4.79 Å². The van der Waals surface area contributed by atoms with Gasteiger partial charge in [-0.2, -0.15) is 0 Å². The van der Waals surface area contributed by atoms with Crippen LogP contribution in [0, 0.1) is 5.41 Å². The van der Waals surface area contributed by atoms with Gasteiger partial charge in [0.2, 0.25) is 5.79 Å². The molecule has 1 atom stereocenters. The average Bonchev–Trinajstić information content (AvgIpc) is 2.11. The Kier molecular flexibility index (Phi) is 3.17. The number of ether oxygens (including phenoxy) is 3. The summed E-state index contributed by atoms with van der Waals surface area (Å²) in [6, 6.07) is 0.